The Hall–Kier alpha value is -4.48. The number of rotatable bonds is 8. The molecular formula is C37H43ClFN7O3. The number of aromatic hydroxyl groups is 1. The summed E-state index contributed by atoms with van der Waals surface area (Å²) in [5.41, 5.74) is 3.23. The number of hydrogen-bond acceptors (Lipinski definition) is 8. The van der Waals surface area contributed by atoms with Crippen LogP contribution in [0.3, 0.4) is 0 Å². The van der Waals surface area contributed by atoms with Gasteiger partial charge < -0.3 is 24.7 Å². The molecule has 4 aromatic rings. The van der Waals surface area contributed by atoms with Gasteiger partial charge in [-0.05, 0) is 82.7 Å². The van der Waals surface area contributed by atoms with Gasteiger partial charge in [0.2, 0.25) is 5.91 Å². The molecule has 1 amide bonds. The van der Waals surface area contributed by atoms with Gasteiger partial charge in [-0.1, -0.05) is 38.1 Å². The third-order valence-electron chi connectivity index (χ3n) is 9.57. The molecule has 1 saturated heterocycles. The van der Waals surface area contributed by atoms with E-state index >= 15 is 9.18 Å². The highest BCUT2D eigenvalue weighted by Crippen LogP contribution is 2.45. The van der Waals surface area contributed by atoms with Crippen LogP contribution in [0.4, 0.5) is 15.8 Å². The van der Waals surface area contributed by atoms with Crippen molar-refractivity contribution in [3.05, 3.63) is 81.6 Å². The number of nitrogens with zero attached hydrogens (tertiary/aromatic N) is 7. The molecule has 2 aliphatic rings. The zero-order valence-electron chi connectivity index (χ0n) is 28.9. The second kappa shape index (κ2) is 13.4. The summed E-state index contributed by atoms with van der Waals surface area (Å²) in [7, 11) is 4.04. The van der Waals surface area contributed by atoms with Crippen LogP contribution >= 0.6 is 11.6 Å². The minimum atomic E-state index is -0.690. The molecule has 258 valence electrons. The van der Waals surface area contributed by atoms with Crippen LogP contribution in [0, 0.1) is 12.7 Å². The van der Waals surface area contributed by atoms with Crippen LogP contribution in [0.25, 0.3) is 28.0 Å². The summed E-state index contributed by atoms with van der Waals surface area (Å²) in [6.45, 7) is 14.6. The van der Waals surface area contributed by atoms with E-state index in [4.69, 9.17) is 21.6 Å². The summed E-state index contributed by atoms with van der Waals surface area (Å²) in [6, 6.07) is 7.31. The number of amides is 1. The summed E-state index contributed by atoms with van der Waals surface area (Å²) in [4.78, 5) is 46.2. The zero-order chi connectivity index (χ0) is 35.3. The molecule has 6 rings (SSSR count). The van der Waals surface area contributed by atoms with Crippen LogP contribution in [0.2, 0.25) is 5.02 Å². The van der Waals surface area contributed by atoms with Gasteiger partial charge in [0.05, 0.1) is 39.4 Å². The predicted octanol–water partition coefficient (Wildman–Crippen LogP) is 5.74. The van der Waals surface area contributed by atoms with Gasteiger partial charge in [0, 0.05) is 43.8 Å². The number of carbonyl (C=O) groups excluding carboxylic acids is 1. The summed E-state index contributed by atoms with van der Waals surface area (Å²) in [6.07, 6.45) is 3.88. The van der Waals surface area contributed by atoms with E-state index in [2.05, 4.69) is 21.3 Å². The number of phenols is 1. The number of halogens is 2. The highest BCUT2D eigenvalue weighted by Gasteiger charge is 2.42. The molecule has 2 unspecified atom stereocenters. The van der Waals surface area contributed by atoms with E-state index in [9.17, 15) is 9.90 Å². The Morgan fingerprint density at radius 1 is 1.18 bits per heavy atom. The molecule has 2 aliphatic heterocycles. The van der Waals surface area contributed by atoms with Crippen molar-refractivity contribution in [1.29, 1.82) is 0 Å². The molecule has 1 fully saturated rings. The highest BCUT2D eigenvalue weighted by molar-refractivity contribution is 6.34. The standard InChI is InChI=1S/C37H43ClFN7O3/c1-8-29(48)44-20-24-19-43(16-10-15-42(6)7)35-34(45(24)18-23(44)5)25-17-26(38)32(30-27(39)11-9-12-28(30)47)41-36(25)46(37(35)49)33-22(4)13-14-40-31(33)21(2)3/h8-9,11-14,17,21,23-24,47H,1,10,15-16,18-20H2,2-7H3. The van der Waals surface area contributed by atoms with Crippen LogP contribution in [-0.2, 0) is 4.79 Å². The fraction of sp³-hybridized carbons (Fsp3) is 0.405. The topological polar surface area (TPSA) is 98.0 Å². The SMILES string of the molecule is C=CC(=O)N1CC2CN(CCCN(C)C)c3c(c4cc(Cl)c(-c5c(O)cccc5F)nc4n(-c4c(C)ccnc4C(C)C)c3=O)N2CC1C. The first-order chi connectivity index (χ1) is 23.3. The Balaban J connectivity index is 1.72. The van der Waals surface area contributed by atoms with Gasteiger partial charge >= 0.3 is 0 Å². The number of aromatic nitrogens is 3. The first kappa shape index (κ1) is 34.4. The van der Waals surface area contributed by atoms with E-state index in [-0.39, 0.29) is 57.1 Å². The van der Waals surface area contributed by atoms with Crippen molar-refractivity contribution in [2.24, 2.45) is 0 Å². The molecule has 0 spiro atoms. The Bertz CT molecular complexity index is 1990. The monoisotopic (exact) mass is 687 g/mol. The molecule has 0 radical (unpaired) electrons. The summed E-state index contributed by atoms with van der Waals surface area (Å²) < 4.78 is 17.0. The van der Waals surface area contributed by atoms with Crippen LogP contribution in [0.1, 0.15) is 44.4 Å². The predicted molar refractivity (Wildman–Crippen MR) is 194 cm³/mol. The quantitative estimate of drug-likeness (QED) is 0.234. The molecule has 10 nitrogen and oxygen atoms in total. The number of carbonyl (C=O) groups is 1. The number of benzene rings is 1. The van der Waals surface area contributed by atoms with Gasteiger partial charge in [0.15, 0.2) is 5.65 Å². The van der Waals surface area contributed by atoms with Crippen molar-refractivity contribution < 1.29 is 14.3 Å². The summed E-state index contributed by atoms with van der Waals surface area (Å²) in [5.74, 6) is -1.17. The minimum Gasteiger partial charge on any atom is -0.507 e. The van der Waals surface area contributed by atoms with Crippen molar-refractivity contribution in [3.8, 4) is 22.7 Å². The second-order valence-corrected chi connectivity index (χ2v) is 14.0. The molecule has 2 atom stereocenters. The van der Waals surface area contributed by atoms with Crippen molar-refractivity contribution in [2.75, 3.05) is 56.6 Å². The van der Waals surface area contributed by atoms with Crippen LogP contribution in [-0.4, -0.2) is 94.3 Å². The Kier molecular flexibility index (Phi) is 9.43. The fourth-order valence-electron chi connectivity index (χ4n) is 7.26. The first-order valence-electron chi connectivity index (χ1n) is 16.7. The molecule has 1 aromatic carbocycles. The van der Waals surface area contributed by atoms with Gasteiger partial charge in [-0.3, -0.25) is 19.1 Å². The summed E-state index contributed by atoms with van der Waals surface area (Å²) >= 11 is 6.98. The maximum Gasteiger partial charge on any atom is 0.282 e. The van der Waals surface area contributed by atoms with Crippen LogP contribution < -0.4 is 15.4 Å². The van der Waals surface area contributed by atoms with Gasteiger partial charge in [-0.2, -0.15) is 0 Å². The fourth-order valence-corrected chi connectivity index (χ4v) is 7.51. The number of anilines is 2. The number of pyridine rings is 3. The summed E-state index contributed by atoms with van der Waals surface area (Å²) in [5, 5.41) is 11.5. The van der Waals surface area contributed by atoms with E-state index in [0.717, 1.165) is 18.5 Å². The van der Waals surface area contributed by atoms with Gasteiger partial charge in [-0.15, -0.1) is 0 Å². The second-order valence-electron chi connectivity index (χ2n) is 13.6. The smallest absolute Gasteiger partial charge is 0.282 e. The van der Waals surface area contributed by atoms with E-state index in [1.165, 1.54) is 24.3 Å². The van der Waals surface area contributed by atoms with Crippen molar-refractivity contribution >= 4 is 39.9 Å². The average Bonchev–Trinajstić information content (AvgIpc) is 3.04. The van der Waals surface area contributed by atoms with Crippen molar-refractivity contribution in [3.63, 3.8) is 0 Å². The molecular weight excluding hydrogens is 645 g/mol. The Labute approximate surface area is 291 Å². The van der Waals surface area contributed by atoms with Gasteiger partial charge in [-0.25, -0.2) is 9.37 Å². The lowest BCUT2D eigenvalue weighted by atomic mass is 9.98. The lowest BCUT2D eigenvalue weighted by Gasteiger charge is -2.52. The zero-order valence-corrected chi connectivity index (χ0v) is 29.6. The molecule has 1 N–H and O–H groups in total. The highest BCUT2D eigenvalue weighted by atomic mass is 35.5. The van der Waals surface area contributed by atoms with Gasteiger partial charge in [0.25, 0.3) is 5.56 Å². The van der Waals surface area contributed by atoms with Crippen LogP contribution in [0.15, 0.2) is 54.0 Å². The number of hydrogen-bond donors (Lipinski definition) is 1. The molecule has 5 heterocycles. The minimum absolute atomic E-state index is 0.0236. The lowest BCUT2D eigenvalue weighted by Crippen LogP contribution is -2.64. The molecule has 49 heavy (non-hydrogen) atoms. The number of piperazine rings is 1. The van der Waals surface area contributed by atoms with E-state index in [0.29, 0.717) is 54.3 Å². The van der Waals surface area contributed by atoms with E-state index in [1.54, 1.807) is 16.8 Å². The molecule has 0 aliphatic carbocycles. The largest absolute Gasteiger partial charge is 0.507 e. The van der Waals surface area contributed by atoms with Gasteiger partial charge in [0.1, 0.15) is 17.3 Å². The maximum absolute atomic E-state index is 15.4. The Morgan fingerprint density at radius 2 is 1.94 bits per heavy atom. The van der Waals surface area contributed by atoms with E-state index in [1.807, 2.05) is 52.8 Å². The van der Waals surface area contributed by atoms with Crippen molar-refractivity contribution in [2.45, 2.75) is 52.1 Å². The third-order valence-corrected chi connectivity index (χ3v) is 9.86. The first-order valence-corrected chi connectivity index (χ1v) is 17.0. The molecule has 12 heteroatoms. The number of aryl methyl sites for hydroxylation is 1. The Morgan fingerprint density at radius 3 is 2.61 bits per heavy atom. The molecule has 0 bridgehead atoms. The van der Waals surface area contributed by atoms with Crippen molar-refractivity contribution in [1.82, 2.24) is 24.3 Å². The lowest BCUT2D eigenvalue weighted by molar-refractivity contribution is -0.128. The molecule has 3 aromatic heterocycles. The molecule has 0 saturated carbocycles. The number of fused-ring (bicyclic) bond motifs is 5. The van der Waals surface area contributed by atoms with Crippen LogP contribution in [0.5, 0.6) is 5.75 Å². The maximum atomic E-state index is 15.4. The number of phenolic OH excluding ortho intramolecular Hbond substituents is 1. The average molecular weight is 688 g/mol. The normalized spacial score (nSPS) is 17.6. The third kappa shape index (κ3) is 6.03. The van der Waals surface area contributed by atoms with E-state index < -0.39 is 5.82 Å².